The van der Waals surface area contributed by atoms with Crippen LogP contribution in [0.4, 0.5) is 8.78 Å². The number of allylic oxidation sites excluding steroid dienone is 1. The van der Waals surface area contributed by atoms with Gasteiger partial charge in [-0.05, 0) is 18.2 Å². The largest absolute Gasteiger partial charge is 0.507 e. The molecule has 2 nitrogen and oxygen atoms in total. The van der Waals surface area contributed by atoms with Crippen molar-refractivity contribution in [2.45, 2.75) is 5.92 Å². The lowest BCUT2D eigenvalue weighted by Crippen LogP contribution is -2.25. The summed E-state index contributed by atoms with van der Waals surface area (Å²) in [5, 5.41) is 9.15. The molecule has 0 heterocycles. The Morgan fingerprint density at radius 2 is 2.00 bits per heavy atom. The number of benzene rings is 1. The molecule has 14 heavy (non-hydrogen) atoms. The average Bonchev–Trinajstić information content (AvgIpc) is 2.17. The van der Waals surface area contributed by atoms with Crippen molar-refractivity contribution >= 4 is 5.78 Å². The van der Waals surface area contributed by atoms with Crippen LogP contribution in [0.1, 0.15) is 10.4 Å². The number of ketones is 1. The minimum Gasteiger partial charge on any atom is -0.507 e. The van der Waals surface area contributed by atoms with E-state index in [2.05, 4.69) is 6.58 Å². The second-order valence-electron chi connectivity index (χ2n) is 2.67. The second-order valence-corrected chi connectivity index (χ2v) is 2.67. The van der Waals surface area contributed by atoms with Crippen LogP contribution in [0.15, 0.2) is 36.9 Å². The van der Waals surface area contributed by atoms with E-state index in [9.17, 15) is 13.6 Å². The zero-order valence-corrected chi connectivity index (χ0v) is 7.21. The Bertz CT molecular complexity index is 372. The number of halogens is 2. The van der Waals surface area contributed by atoms with Gasteiger partial charge in [0.15, 0.2) is 0 Å². The number of phenols is 1. The summed E-state index contributed by atoms with van der Waals surface area (Å²) in [7, 11) is 0. The second kappa shape index (κ2) is 3.57. The number of phenolic OH excluding ortho intramolecular Hbond substituents is 1. The number of hydrogen-bond donors (Lipinski definition) is 1. The molecule has 1 aromatic carbocycles. The maximum absolute atomic E-state index is 12.8. The van der Waals surface area contributed by atoms with E-state index in [0.29, 0.717) is 0 Å². The monoisotopic (exact) mass is 198 g/mol. The summed E-state index contributed by atoms with van der Waals surface area (Å²) in [5.41, 5.74) is -0.405. The summed E-state index contributed by atoms with van der Waals surface area (Å²) in [6, 6.07) is 5.14. The summed E-state index contributed by atoms with van der Waals surface area (Å²) in [6.07, 6.45) is 0.252. The number of para-hydroxylation sites is 1. The summed E-state index contributed by atoms with van der Waals surface area (Å²) < 4.78 is 25.7. The van der Waals surface area contributed by atoms with E-state index in [1.54, 1.807) is 0 Å². The predicted octanol–water partition coefficient (Wildman–Crippen LogP) is 2.40. The number of carbonyl (C=O) groups excluding carboxylic acids is 1. The van der Waals surface area contributed by atoms with Crippen molar-refractivity contribution in [3.05, 3.63) is 42.5 Å². The first-order chi connectivity index (χ1) is 6.49. The molecule has 0 aliphatic carbocycles. The van der Waals surface area contributed by atoms with Crippen molar-refractivity contribution in [2.24, 2.45) is 0 Å². The first-order valence-corrected chi connectivity index (χ1v) is 3.83. The minimum atomic E-state index is -3.64. The van der Waals surface area contributed by atoms with Gasteiger partial charge in [-0.3, -0.25) is 4.79 Å². The van der Waals surface area contributed by atoms with Gasteiger partial charge in [0.2, 0.25) is 5.78 Å². The Morgan fingerprint density at radius 1 is 1.43 bits per heavy atom. The van der Waals surface area contributed by atoms with Crippen LogP contribution in [-0.2, 0) is 0 Å². The predicted molar refractivity (Wildman–Crippen MR) is 47.6 cm³/mol. The van der Waals surface area contributed by atoms with Crippen molar-refractivity contribution in [3.63, 3.8) is 0 Å². The average molecular weight is 198 g/mol. The molecule has 74 valence electrons. The number of aromatic hydroxyl groups is 1. The van der Waals surface area contributed by atoms with Crippen LogP contribution in [0, 0.1) is 0 Å². The molecule has 1 aromatic rings. The third-order valence-corrected chi connectivity index (χ3v) is 1.71. The van der Waals surface area contributed by atoms with Crippen molar-refractivity contribution in [1.29, 1.82) is 0 Å². The first-order valence-electron chi connectivity index (χ1n) is 3.83. The molecule has 1 N–H and O–H groups in total. The van der Waals surface area contributed by atoms with E-state index in [1.165, 1.54) is 18.2 Å². The van der Waals surface area contributed by atoms with E-state index in [0.717, 1.165) is 6.07 Å². The molecule has 1 rings (SSSR count). The lowest BCUT2D eigenvalue weighted by molar-refractivity contribution is 0.0380. The lowest BCUT2D eigenvalue weighted by atomic mass is 10.0. The highest BCUT2D eigenvalue weighted by Crippen LogP contribution is 2.26. The van der Waals surface area contributed by atoms with Gasteiger partial charge in [0.1, 0.15) is 5.75 Å². The Morgan fingerprint density at radius 3 is 2.50 bits per heavy atom. The van der Waals surface area contributed by atoms with Gasteiger partial charge in [0.05, 0.1) is 5.56 Å². The summed E-state index contributed by atoms with van der Waals surface area (Å²) in [5.74, 6) is -5.55. The first kappa shape index (κ1) is 10.4. The fourth-order valence-corrected chi connectivity index (χ4v) is 0.938. The normalized spacial score (nSPS) is 11.0. The van der Waals surface area contributed by atoms with Crippen LogP contribution >= 0.6 is 0 Å². The highest BCUT2D eigenvalue weighted by atomic mass is 19.3. The van der Waals surface area contributed by atoms with Gasteiger partial charge in [0.25, 0.3) is 0 Å². The van der Waals surface area contributed by atoms with Crippen molar-refractivity contribution in [2.75, 3.05) is 0 Å². The van der Waals surface area contributed by atoms with Gasteiger partial charge in [-0.2, -0.15) is 8.78 Å². The van der Waals surface area contributed by atoms with Crippen molar-refractivity contribution in [1.82, 2.24) is 0 Å². The molecule has 0 saturated carbocycles. The molecular formula is C10H8F2O2. The van der Waals surface area contributed by atoms with Gasteiger partial charge in [-0.1, -0.05) is 18.7 Å². The van der Waals surface area contributed by atoms with E-state index >= 15 is 0 Å². The van der Waals surface area contributed by atoms with E-state index < -0.39 is 23.0 Å². The minimum absolute atomic E-state index is 0.252. The highest BCUT2D eigenvalue weighted by molar-refractivity contribution is 6.04. The van der Waals surface area contributed by atoms with E-state index in [-0.39, 0.29) is 6.08 Å². The highest BCUT2D eigenvalue weighted by Gasteiger charge is 2.36. The number of alkyl halides is 2. The van der Waals surface area contributed by atoms with E-state index in [1.807, 2.05) is 0 Å². The molecule has 0 atom stereocenters. The Kier molecular flexibility index (Phi) is 2.65. The maximum atomic E-state index is 12.8. The molecule has 4 heteroatoms. The molecule has 0 spiro atoms. The Balaban J connectivity index is 3.13. The lowest BCUT2D eigenvalue weighted by Gasteiger charge is -2.10. The van der Waals surface area contributed by atoms with Crippen LogP contribution in [0.3, 0.4) is 0 Å². The van der Waals surface area contributed by atoms with Crippen LogP contribution < -0.4 is 0 Å². The molecular weight excluding hydrogens is 190 g/mol. The zero-order chi connectivity index (χ0) is 10.8. The fourth-order valence-electron chi connectivity index (χ4n) is 0.938. The molecule has 0 unspecified atom stereocenters. The fraction of sp³-hybridized carbons (Fsp3) is 0.100. The topological polar surface area (TPSA) is 37.3 Å². The van der Waals surface area contributed by atoms with Crippen LogP contribution in [0.5, 0.6) is 5.75 Å². The third-order valence-electron chi connectivity index (χ3n) is 1.71. The molecule has 0 saturated heterocycles. The summed E-state index contributed by atoms with van der Waals surface area (Å²) >= 11 is 0. The number of rotatable bonds is 3. The molecule has 0 fully saturated rings. The molecule has 0 amide bonds. The molecule has 0 aromatic heterocycles. The zero-order valence-electron chi connectivity index (χ0n) is 7.21. The Hall–Kier alpha value is -1.71. The molecule has 0 aliphatic heterocycles. The van der Waals surface area contributed by atoms with Crippen LogP contribution in [0.25, 0.3) is 0 Å². The van der Waals surface area contributed by atoms with Gasteiger partial charge in [0, 0.05) is 0 Å². The van der Waals surface area contributed by atoms with E-state index in [4.69, 9.17) is 5.11 Å². The van der Waals surface area contributed by atoms with Crippen LogP contribution in [-0.4, -0.2) is 16.8 Å². The van der Waals surface area contributed by atoms with Crippen molar-refractivity contribution < 1.29 is 18.7 Å². The maximum Gasteiger partial charge on any atom is 0.328 e. The summed E-state index contributed by atoms with van der Waals surface area (Å²) in [6.45, 7) is 2.86. The number of carbonyl (C=O) groups is 1. The van der Waals surface area contributed by atoms with Crippen LogP contribution in [0.2, 0.25) is 0 Å². The quantitative estimate of drug-likeness (QED) is 0.598. The molecule has 0 radical (unpaired) electrons. The Labute approximate surface area is 79.5 Å². The van der Waals surface area contributed by atoms with Gasteiger partial charge < -0.3 is 5.11 Å². The third kappa shape index (κ3) is 1.79. The van der Waals surface area contributed by atoms with Crippen molar-refractivity contribution in [3.8, 4) is 5.75 Å². The molecule has 0 aliphatic rings. The number of Topliss-reactive ketones (excluding diaryl/α,β-unsaturated/α-hetero) is 1. The van der Waals surface area contributed by atoms with Gasteiger partial charge >= 0.3 is 5.92 Å². The smallest absolute Gasteiger partial charge is 0.328 e. The van der Waals surface area contributed by atoms with Gasteiger partial charge in [-0.15, -0.1) is 0 Å². The number of hydrogen-bond acceptors (Lipinski definition) is 2. The van der Waals surface area contributed by atoms with Gasteiger partial charge in [-0.25, -0.2) is 0 Å². The molecule has 0 bridgehead atoms. The summed E-state index contributed by atoms with van der Waals surface area (Å²) in [4.78, 5) is 11.1. The SMILES string of the molecule is C=CC(F)(F)C(=O)c1ccccc1O. The standard InChI is InChI=1S/C10H8F2O2/c1-2-10(11,12)9(14)7-5-3-4-6-8(7)13/h2-6,13H,1H2.